The van der Waals surface area contributed by atoms with Crippen molar-refractivity contribution in [3.05, 3.63) is 69.7 Å². The van der Waals surface area contributed by atoms with Crippen LogP contribution >= 0.6 is 0 Å². The maximum atomic E-state index is 12.4. The molecule has 0 saturated carbocycles. The second-order valence-corrected chi connectivity index (χ2v) is 4.73. The third kappa shape index (κ3) is 2.42. The van der Waals surface area contributed by atoms with E-state index < -0.39 is 5.97 Å². The van der Waals surface area contributed by atoms with Crippen molar-refractivity contribution in [2.24, 2.45) is 0 Å². The normalized spacial score (nSPS) is 11.3. The molecule has 1 N–H and O–H groups in total. The summed E-state index contributed by atoms with van der Waals surface area (Å²) in [5.74, 6) is -0.434. The Kier molecular flexibility index (Phi) is 3.34. The maximum absolute atomic E-state index is 12.4. The van der Waals surface area contributed by atoms with Crippen LogP contribution in [-0.4, -0.2) is 20.5 Å². The van der Waals surface area contributed by atoms with Crippen molar-refractivity contribution in [1.29, 1.82) is 0 Å². The van der Waals surface area contributed by atoms with Gasteiger partial charge in [-0.3, -0.25) is 9.20 Å². The van der Waals surface area contributed by atoms with Gasteiger partial charge in [-0.05, 0) is 43.3 Å². The number of rotatable bonds is 3. The molecule has 110 valence electrons. The number of pyridine rings is 1. The fraction of sp³-hybridized carbons (Fsp3) is 0.0625. The number of carbonyl (C=O) groups is 1. The van der Waals surface area contributed by atoms with E-state index >= 15 is 0 Å². The van der Waals surface area contributed by atoms with Crippen LogP contribution < -0.4 is 5.56 Å². The predicted octanol–water partition coefficient (Wildman–Crippen LogP) is 2.46. The van der Waals surface area contributed by atoms with Gasteiger partial charge in [0.1, 0.15) is 11.4 Å². The number of fused-ring (bicyclic) bond motifs is 1. The lowest BCUT2D eigenvalue weighted by Gasteiger charge is -2.05. The number of furan rings is 1. The Balaban J connectivity index is 2.14. The van der Waals surface area contributed by atoms with Crippen LogP contribution in [0.4, 0.5) is 0 Å². The van der Waals surface area contributed by atoms with Crippen molar-refractivity contribution >= 4 is 23.8 Å². The molecule has 0 spiro atoms. The number of carboxylic acids is 1. The summed E-state index contributed by atoms with van der Waals surface area (Å²) in [5.41, 5.74) is 1.08. The Morgan fingerprint density at radius 3 is 2.82 bits per heavy atom. The summed E-state index contributed by atoms with van der Waals surface area (Å²) < 4.78 is 6.43. The smallest absolute Gasteiger partial charge is 0.337 e. The maximum Gasteiger partial charge on any atom is 0.337 e. The van der Waals surface area contributed by atoms with E-state index in [2.05, 4.69) is 4.98 Å². The average Bonchev–Trinajstić information content (AvgIpc) is 3.02. The fourth-order valence-electron chi connectivity index (χ4n) is 2.08. The van der Waals surface area contributed by atoms with Crippen LogP contribution in [0.2, 0.25) is 0 Å². The Morgan fingerprint density at radius 1 is 1.32 bits per heavy atom. The topological polar surface area (TPSA) is 84.8 Å². The zero-order chi connectivity index (χ0) is 15.7. The Labute approximate surface area is 125 Å². The van der Waals surface area contributed by atoms with Gasteiger partial charge in [-0.15, -0.1) is 0 Å². The van der Waals surface area contributed by atoms with E-state index in [1.807, 2.05) is 0 Å². The van der Waals surface area contributed by atoms with Crippen LogP contribution in [0.3, 0.4) is 0 Å². The zero-order valence-corrected chi connectivity index (χ0v) is 11.7. The van der Waals surface area contributed by atoms with Gasteiger partial charge in [-0.25, -0.2) is 9.78 Å². The van der Waals surface area contributed by atoms with Crippen molar-refractivity contribution < 1.29 is 14.3 Å². The SMILES string of the molecule is Cc1c(/C=C/c2ccco2)nc2ccc(C(=O)O)cn2c1=O. The summed E-state index contributed by atoms with van der Waals surface area (Å²) in [6.07, 6.45) is 6.25. The summed E-state index contributed by atoms with van der Waals surface area (Å²) in [6, 6.07) is 6.48. The van der Waals surface area contributed by atoms with Gasteiger partial charge in [0.25, 0.3) is 5.56 Å². The number of hydrogen-bond acceptors (Lipinski definition) is 4. The van der Waals surface area contributed by atoms with E-state index in [4.69, 9.17) is 9.52 Å². The zero-order valence-electron chi connectivity index (χ0n) is 11.7. The molecule has 0 aliphatic carbocycles. The van der Waals surface area contributed by atoms with Crippen LogP contribution in [0.5, 0.6) is 0 Å². The monoisotopic (exact) mass is 296 g/mol. The van der Waals surface area contributed by atoms with E-state index in [1.54, 1.807) is 37.5 Å². The fourth-order valence-corrected chi connectivity index (χ4v) is 2.08. The van der Waals surface area contributed by atoms with E-state index in [0.29, 0.717) is 22.7 Å². The van der Waals surface area contributed by atoms with Crippen molar-refractivity contribution in [1.82, 2.24) is 9.38 Å². The molecule has 6 heteroatoms. The lowest BCUT2D eigenvalue weighted by atomic mass is 10.2. The molecule has 3 aromatic heterocycles. The quantitative estimate of drug-likeness (QED) is 0.802. The van der Waals surface area contributed by atoms with Gasteiger partial charge in [-0.2, -0.15) is 0 Å². The third-order valence-electron chi connectivity index (χ3n) is 3.28. The number of nitrogens with zero attached hydrogens (tertiary/aromatic N) is 2. The Hall–Kier alpha value is -3.15. The van der Waals surface area contributed by atoms with Gasteiger partial charge in [0.15, 0.2) is 0 Å². The van der Waals surface area contributed by atoms with E-state index in [1.165, 1.54) is 22.7 Å². The van der Waals surface area contributed by atoms with Gasteiger partial charge in [0.05, 0.1) is 17.5 Å². The van der Waals surface area contributed by atoms with Crippen LogP contribution in [0.25, 0.3) is 17.8 Å². The Morgan fingerprint density at radius 2 is 2.14 bits per heavy atom. The van der Waals surface area contributed by atoms with Gasteiger partial charge in [0, 0.05) is 11.8 Å². The predicted molar refractivity (Wildman–Crippen MR) is 80.8 cm³/mol. The number of aromatic nitrogens is 2. The van der Waals surface area contributed by atoms with Crippen LogP contribution in [0.1, 0.15) is 27.4 Å². The second kappa shape index (κ2) is 5.33. The summed E-state index contributed by atoms with van der Waals surface area (Å²) in [5, 5.41) is 8.99. The molecular weight excluding hydrogens is 284 g/mol. The van der Waals surface area contributed by atoms with Gasteiger partial charge in [0.2, 0.25) is 0 Å². The molecule has 0 radical (unpaired) electrons. The summed E-state index contributed by atoms with van der Waals surface area (Å²) in [4.78, 5) is 27.7. The largest absolute Gasteiger partial charge is 0.478 e. The number of aromatic carboxylic acids is 1. The molecule has 3 heterocycles. The molecule has 0 bridgehead atoms. The van der Waals surface area contributed by atoms with Crippen molar-refractivity contribution in [2.75, 3.05) is 0 Å². The molecule has 0 saturated heterocycles. The third-order valence-corrected chi connectivity index (χ3v) is 3.28. The highest BCUT2D eigenvalue weighted by Gasteiger charge is 2.10. The summed E-state index contributed by atoms with van der Waals surface area (Å²) in [6.45, 7) is 1.65. The van der Waals surface area contributed by atoms with Crippen LogP contribution in [0.15, 0.2) is 45.9 Å². The molecule has 0 aliphatic heterocycles. The van der Waals surface area contributed by atoms with E-state index in [0.717, 1.165) is 0 Å². The van der Waals surface area contributed by atoms with Gasteiger partial charge < -0.3 is 9.52 Å². The molecule has 3 rings (SSSR count). The summed E-state index contributed by atoms with van der Waals surface area (Å²) in [7, 11) is 0. The minimum Gasteiger partial charge on any atom is -0.478 e. The lowest BCUT2D eigenvalue weighted by molar-refractivity contribution is 0.0696. The first kappa shape index (κ1) is 13.8. The minimum absolute atomic E-state index is 0.0367. The molecule has 0 atom stereocenters. The minimum atomic E-state index is -1.09. The molecule has 0 fully saturated rings. The van der Waals surface area contributed by atoms with Gasteiger partial charge >= 0.3 is 5.97 Å². The molecule has 22 heavy (non-hydrogen) atoms. The van der Waals surface area contributed by atoms with Crippen molar-refractivity contribution in [3.8, 4) is 0 Å². The van der Waals surface area contributed by atoms with Gasteiger partial charge in [-0.1, -0.05) is 0 Å². The van der Waals surface area contributed by atoms with Crippen molar-refractivity contribution in [2.45, 2.75) is 6.92 Å². The molecular formula is C16H12N2O4. The average molecular weight is 296 g/mol. The van der Waals surface area contributed by atoms with E-state index in [9.17, 15) is 9.59 Å². The second-order valence-electron chi connectivity index (χ2n) is 4.73. The highest BCUT2D eigenvalue weighted by Crippen LogP contribution is 2.11. The molecule has 0 unspecified atom stereocenters. The first-order valence-corrected chi connectivity index (χ1v) is 6.54. The molecule has 0 amide bonds. The number of hydrogen-bond donors (Lipinski definition) is 1. The first-order chi connectivity index (χ1) is 10.6. The molecule has 3 aromatic rings. The highest BCUT2D eigenvalue weighted by atomic mass is 16.4. The number of carboxylic acid groups (broad SMARTS) is 1. The van der Waals surface area contributed by atoms with Crippen LogP contribution in [0, 0.1) is 6.92 Å². The molecule has 0 aliphatic rings. The standard InChI is InChI=1S/C16H12N2O4/c1-10-13(6-5-12-3-2-8-22-12)17-14-7-4-11(16(20)21)9-18(14)15(10)19/h2-9H,1H3,(H,20,21)/b6-5+. The molecule has 0 aromatic carbocycles. The highest BCUT2D eigenvalue weighted by molar-refractivity contribution is 5.87. The summed E-state index contributed by atoms with van der Waals surface area (Å²) >= 11 is 0. The van der Waals surface area contributed by atoms with E-state index in [-0.39, 0.29) is 11.1 Å². The molecule has 6 nitrogen and oxygen atoms in total. The first-order valence-electron chi connectivity index (χ1n) is 6.54. The van der Waals surface area contributed by atoms with Crippen LogP contribution in [-0.2, 0) is 0 Å². The lowest BCUT2D eigenvalue weighted by Crippen LogP contribution is -2.20. The Bertz CT molecular complexity index is 937. The van der Waals surface area contributed by atoms with Crippen molar-refractivity contribution in [3.63, 3.8) is 0 Å².